The predicted octanol–water partition coefficient (Wildman–Crippen LogP) is 4.03. The van der Waals surface area contributed by atoms with E-state index in [-0.39, 0.29) is 30.3 Å². The molecule has 0 aliphatic heterocycles. The van der Waals surface area contributed by atoms with Crippen molar-refractivity contribution in [3.63, 3.8) is 0 Å². The maximum absolute atomic E-state index is 12.0. The van der Waals surface area contributed by atoms with Gasteiger partial charge >= 0.3 is 5.97 Å². The van der Waals surface area contributed by atoms with Gasteiger partial charge in [-0.05, 0) is 42.5 Å². The highest BCUT2D eigenvalue weighted by Crippen LogP contribution is 2.29. The molecule has 0 radical (unpaired) electrons. The number of carbonyl (C=O) groups is 2. The summed E-state index contributed by atoms with van der Waals surface area (Å²) in [6.45, 7) is 4.20. The van der Waals surface area contributed by atoms with Crippen LogP contribution < -0.4 is 5.32 Å². The molecule has 0 spiro atoms. The van der Waals surface area contributed by atoms with Crippen LogP contribution in [-0.4, -0.2) is 30.3 Å². The van der Waals surface area contributed by atoms with Gasteiger partial charge in [0.1, 0.15) is 0 Å². The molecule has 0 heterocycles. The van der Waals surface area contributed by atoms with E-state index in [9.17, 15) is 9.59 Å². The summed E-state index contributed by atoms with van der Waals surface area (Å²) in [7, 11) is 0. The lowest BCUT2D eigenvalue weighted by Gasteiger charge is -2.34. The van der Waals surface area contributed by atoms with Crippen LogP contribution in [0.1, 0.15) is 33.1 Å². The van der Waals surface area contributed by atoms with Crippen LogP contribution in [0, 0.1) is 11.8 Å². The minimum Gasteiger partial charge on any atom is -0.455 e. The van der Waals surface area contributed by atoms with Crippen LogP contribution in [0.25, 0.3) is 0 Å². The smallest absolute Gasteiger partial charge is 0.316 e. The van der Waals surface area contributed by atoms with Gasteiger partial charge in [-0.3, -0.25) is 9.59 Å². The van der Waals surface area contributed by atoms with Gasteiger partial charge in [-0.15, -0.1) is 11.8 Å². The largest absolute Gasteiger partial charge is 0.455 e. The Bertz CT molecular complexity index is 564. The predicted molar refractivity (Wildman–Crippen MR) is 99.9 cm³/mol. The van der Waals surface area contributed by atoms with Crippen molar-refractivity contribution in [3.05, 3.63) is 28.7 Å². The molecule has 1 aromatic carbocycles. The maximum Gasteiger partial charge on any atom is 0.316 e. The zero-order valence-corrected chi connectivity index (χ0v) is 16.5. The molecule has 1 fully saturated rings. The van der Waals surface area contributed by atoms with E-state index in [1.165, 1.54) is 18.2 Å². The third-order valence-electron chi connectivity index (χ3n) is 4.59. The Hall–Kier alpha value is -1.01. The number of thioether (sulfide) groups is 1. The lowest BCUT2D eigenvalue weighted by Crippen LogP contribution is -2.45. The van der Waals surface area contributed by atoms with Crippen LogP contribution >= 0.6 is 27.7 Å². The highest BCUT2D eigenvalue weighted by atomic mass is 79.9. The van der Waals surface area contributed by atoms with Gasteiger partial charge in [0.2, 0.25) is 0 Å². The summed E-state index contributed by atoms with van der Waals surface area (Å²) < 4.78 is 6.07. The number of rotatable bonds is 6. The molecule has 0 bridgehead atoms. The number of esters is 1. The number of ether oxygens (including phenoxy) is 1. The first-order chi connectivity index (χ1) is 11.5. The maximum atomic E-state index is 12.0. The summed E-state index contributed by atoms with van der Waals surface area (Å²) in [5.41, 5.74) is 0. The Labute approximate surface area is 156 Å². The van der Waals surface area contributed by atoms with E-state index >= 15 is 0 Å². The van der Waals surface area contributed by atoms with Crippen molar-refractivity contribution in [2.24, 2.45) is 11.8 Å². The van der Waals surface area contributed by atoms with Crippen LogP contribution in [-0.2, 0) is 14.3 Å². The molecule has 2 rings (SSSR count). The van der Waals surface area contributed by atoms with Crippen molar-refractivity contribution in [1.82, 2.24) is 5.32 Å². The number of benzene rings is 1. The number of amides is 1. The van der Waals surface area contributed by atoms with E-state index in [1.807, 2.05) is 24.3 Å². The minimum atomic E-state index is -0.372. The SMILES string of the molecule is C[C@@H]1[C@H](C)CCC[C@@H]1NC(=O)COC(=O)CSc1ccc(Br)cc1. The Balaban J connectivity index is 1.67. The van der Waals surface area contributed by atoms with E-state index in [2.05, 4.69) is 35.1 Å². The van der Waals surface area contributed by atoms with Crippen molar-refractivity contribution < 1.29 is 14.3 Å². The van der Waals surface area contributed by atoms with Gasteiger partial charge in [0.15, 0.2) is 6.61 Å². The molecule has 3 atom stereocenters. The van der Waals surface area contributed by atoms with Gasteiger partial charge in [-0.25, -0.2) is 0 Å². The number of hydrogen-bond donors (Lipinski definition) is 1. The minimum absolute atomic E-state index is 0.192. The molecule has 0 aromatic heterocycles. The molecule has 1 aliphatic carbocycles. The summed E-state index contributed by atoms with van der Waals surface area (Å²) in [5.74, 6) is 0.706. The number of halogens is 1. The molecule has 6 heteroatoms. The van der Waals surface area contributed by atoms with Gasteiger partial charge in [0, 0.05) is 15.4 Å². The molecule has 1 amide bonds. The summed E-state index contributed by atoms with van der Waals surface area (Å²) in [5, 5.41) is 3.01. The molecule has 1 aliphatic rings. The zero-order valence-electron chi connectivity index (χ0n) is 14.1. The second kappa shape index (κ2) is 9.47. The second-order valence-electron chi connectivity index (χ2n) is 6.34. The third-order valence-corrected chi connectivity index (χ3v) is 6.10. The molecule has 24 heavy (non-hydrogen) atoms. The fraction of sp³-hybridized carbons (Fsp3) is 0.556. The Morgan fingerprint density at radius 1 is 1.25 bits per heavy atom. The first kappa shape index (κ1) is 19.3. The van der Waals surface area contributed by atoms with Crippen LogP contribution in [0.15, 0.2) is 33.6 Å². The average Bonchev–Trinajstić information content (AvgIpc) is 2.56. The summed E-state index contributed by atoms with van der Waals surface area (Å²) in [4.78, 5) is 24.7. The summed E-state index contributed by atoms with van der Waals surface area (Å²) in [6.07, 6.45) is 3.36. The summed E-state index contributed by atoms with van der Waals surface area (Å²) >= 11 is 4.77. The quantitative estimate of drug-likeness (QED) is 0.564. The van der Waals surface area contributed by atoms with Crippen molar-refractivity contribution in [2.75, 3.05) is 12.4 Å². The van der Waals surface area contributed by atoms with E-state index < -0.39 is 0 Å². The highest BCUT2D eigenvalue weighted by Gasteiger charge is 2.28. The monoisotopic (exact) mass is 413 g/mol. The summed E-state index contributed by atoms with van der Waals surface area (Å²) in [6, 6.07) is 7.90. The van der Waals surface area contributed by atoms with Crippen molar-refractivity contribution in [1.29, 1.82) is 0 Å². The van der Waals surface area contributed by atoms with Gasteiger partial charge in [-0.2, -0.15) is 0 Å². The molecule has 132 valence electrons. The average molecular weight is 414 g/mol. The van der Waals surface area contributed by atoms with E-state index in [1.54, 1.807) is 0 Å². The molecule has 0 unspecified atom stereocenters. The van der Waals surface area contributed by atoms with Gasteiger partial charge in [0.25, 0.3) is 5.91 Å². The number of nitrogens with one attached hydrogen (secondary N) is 1. The molecular weight excluding hydrogens is 390 g/mol. The fourth-order valence-electron chi connectivity index (χ4n) is 2.89. The lowest BCUT2D eigenvalue weighted by atomic mass is 9.78. The van der Waals surface area contributed by atoms with Crippen molar-refractivity contribution in [2.45, 2.75) is 44.0 Å². The van der Waals surface area contributed by atoms with E-state index in [0.717, 1.165) is 22.2 Å². The van der Waals surface area contributed by atoms with Crippen LogP contribution in [0.3, 0.4) is 0 Å². The fourth-order valence-corrected chi connectivity index (χ4v) is 3.86. The number of carbonyl (C=O) groups excluding carboxylic acids is 2. The molecule has 1 N–H and O–H groups in total. The van der Waals surface area contributed by atoms with Crippen LogP contribution in [0.2, 0.25) is 0 Å². The molecule has 0 saturated heterocycles. The van der Waals surface area contributed by atoms with Crippen LogP contribution in [0.4, 0.5) is 0 Å². The Kier molecular flexibility index (Phi) is 7.62. The third kappa shape index (κ3) is 6.13. The standard InChI is InChI=1S/C18H24BrNO3S/c1-12-4-3-5-16(13(12)2)20-17(21)10-23-18(22)11-24-15-8-6-14(19)7-9-15/h6-9,12-13,16H,3-5,10-11H2,1-2H3,(H,20,21)/t12-,13-,16+/m1/s1. The van der Waals surface area contributed by atoms with E-state index in [4.69, 9.17) is 4.74 Å². The first-order valence-electron chi connectivity index (χ1n) is 8.29. The molecule has 4 nitrogen and oxygen atoms in total. The van der Waals surface area contributed by atoms with Gasteiger partial charge < -0.3 is 10.1 Å². The van der Waals surface area contributed by atoms with Crippen LogP contribution in [0.5, 0.6) is 0 Å². The topological polar surface area (TPSA) is 55.4 Å². The normalized spacial score (nSPS) is 23.5. The zero-order chi connectivity index (χ0) is 17.5. The van der Waals surface area contributed by atoms with Crippen molar-refractivity contribution >= 4 is 39.6 Å². The van der Waals surface area contributed by atoms with E-state index in [0.29, 0.717) is 11.8 Å². The van der Waals surface area contributed by atoms with Crippen molar-refractivity contribution in [3.8, 4) is 0 Å². The molecule has 1 saturated carbocycles. The second-order valence-corrected chi connectivity index (χ2v) is 8.31. The molecular formula is C18H24BrNO3S. The Morgan fingerprint density at radius 3 is 2.67 bits per heavy atom. The Morgan fingerprint density at radius 2 is 1.96 bits per heavy atom. The first-order valence-corrected chi connectivity index (χ1v) is 10.1. The lowest BCUT2D eigenvalue weighted by molar-refractivity contribution is -0.146. The number of hydrogen-bond acceptors (Lipinski definition) is 4. The van der Waals surface area contributed by atoms with Gasteiger partial charge in [-0.1, -0.05) is 42.6 Å². The highest BCUT2D eigenvalue weighted by molar-refractivity contribution is 9.10. The molecule has 1 aromatic rings. The van der Waals surface area contributed by atoms with Gasteiger partial charge in [0.05, 0.1) is 5.75 Å².